The number of benzene rings is 6. The summed E-state index contributed by atoms with van der Waals surface area (Å²) >= 11 is 5.53. The largest absolute Gasteiger partial charge is 0.378 e. The topological polar surface area (TPSA) is 168 Å². The molecule has 0 aliphatic carbocycles. The Hall–Kier alpha value is -9.62. The van der Waals surface area contributed by atoms with E-state index in [1.165, 1.54) is 0 Å². The van der Waals surface area contributed by atoms with E-state index >= 15 is 0 Å². The number of anilines is 1. The van der Waals surface area contributed by atoms with Crippen molar-refractivity contribution in [3.63, 3.8) is 0 Å². The number of aryl methyl sites for hydroxylation is 3. The number of fused-ring (bicyclic) bond motifs is 3. The molecule has 0 N–H and O–H groups in total. The molecule has 0 bridgehead atoms. The molecule has 1 aliphatic heterocycles. The number of morpholine rings is 1. The molecule has 0 saturated carbocycles. The molecule has 1 aliphatic rings. The Bertz CT molecular complexity index is 4680. The van der Waals surface area contributed by atoms with Crippen LogP contribution < -0.4 is 21.2 Å². The smallest absolute Gasteiger partial charge is 0.200 e. The molecule has 0 unspecified atom stereocenters. The van der Waals surface area contributed by atoms with Gasteiger partial charge in [0.05, 0.1) is 83.2 Å². The molecule has 1 fully saturated rings. The fourth-order valence-corrected chi connectivity index (χ4v) is 12.1. The molecule has 13 rings (SSSR count). The summed E-state index contributed by atoms with van der Waals surface area (Å²) in [5, 5.41) is 1.58. The Morgan fingerprint density at radius 3 is 1.18 bits per heavy atom. The summed E-state index contributed by atoms with van der Waals surface area (Å²) in [7, 11) is 0. The first-order valence-corrected chi connectivity index (χ1v) is 30.8. The van der Waals surface area contributed by atoms with Gasteiger partial charge in [0, 0.05) is 95.3 Å². The lowest BCUT2D eigenvalue weighted by Gasteiger charge is -2.30. The van der Waals surface area contributed by atoms with Gasteiger partial charge in [-0.25, -0.2) is 0 Å². The van der Waals surface area contributed by atoms with Gasteiger partial charge in [-0.05, 0) is 153 Å². The van der Waals surface area contributed by atoms with E-state index < -0.39 is 0 Å². The zero-order valence-electron chi connectivity index (χ0n) is 49.0. The van der Waals surface area contributed by atoms with Crippen LogP contribution in [0.4, 0.5) is 5.69 Å². The number of hydrogen-bond donors (Lipinski definition) is 0. The van der Waals surface area contributed by atoms with Crippen molar-refractivity contribution in [3.8, 4) is 0 Å². The Kier molecular flexibility index (Phi) is 18.9. The van der Waals surface area contributed by atoms with Crippen LogP contribution in [0.1, 0.15) is 81.9 Å². The quantitative estimate of drug-likeness (QED) is 0.0795. The predicted octanol–water partition coefficient (Wildman–Crippen LogP) is 13.2. The van der Waals surface area contributed by atoms with Crippen molar-refractivity contribution in [1.82, 2.24) is 28.7 Å². The number of nitrogens with zero attached hydrogens (tertiary/aromatic N) is 7. The number of carbonyl (C=O) groups excluding carboxylic acids is 3. The number of carbonyl (C=O) groups is 3. The molecule has 12 aromatic rings. The molecule has 0 spiro atoms. The van der Waals surface area contributed by atoms with Crippen molar-refractivity contribution in [2.45, 2.75) is 40.4 Å². The molecular weight excluding hydrogens is 1290 g/mol. The second kappa shape index (κ2) is 27.6. The minimum absolute atomic E-state index is 0.151. The third-order valence-corrected chi connectivity index (χ3v) is 16.9. The van der Waals surface area contributed by atoms with Crippen molar-refractivity contribution in [1.29, 1.82) is 0 Å². The van der Waals surface area contributed by atoms with E-state index in [9.17, 15) is 28.8 Å². The van der Waals surface area contributed by atoms with Crippen LogP contribution in [-0.2, 0) is 24.4 Å². The second-order valence-electron chi connectivity index (χ2n) is 21.4. The number of para-hydroxylation sites is 4. The lowest BCUT2D eigenvalue weighted by molar-refractivity contribution is 0.102. The van der Waals surface area contributed by atoms with Gasteiger partial charge in [-0.3, -0.25) is 43.7 Å². The highest BCUT2D eigenvalue weighted by molar-refractivity contribution is 14.1. The summed E-state index contributed by atoms with van der Waals surface area (Å²) in [6.07, 6.45) is 5.00. The number of ketones is 3. The van der Waals surface area contributed by atoms with Gasteiger partial charge in [-0.1, -0.05) is 107 Å². The summed E-state index contributed by atoms with van der Waals surface area (Å²) in [5.74, 6) is -0.820. The Morgan fingerprint density at radius 2 is 0.764 bits per heavy atom. The molecule has 0 amide bonds. The summed E-state index contributed by atoms with van der Waals surface area (Å²) in [5.41, 5.74) is 9.86. The van der Waals surface area contributed by atoms with Crippen LogP contribution >= 0.6 is 38.5 Å². The maximum absolute atomic E-state index is 13.7. The first kappa shape index (κ1) is 61.0. The predicted molar refractivity (Wildman–Crippen MR) is 362 cm³/mol. The van der Waals surface area contributed by atoms with Crippen molar-refractivity contribution in [2.75, 3.05) is 31.2 Å². The standard InChI is InChI=1S/C27H25N3O3.C23H17BrN2O2.C23H17IN2O2/c1-19-7-6-8-20(28-19)17-30-18-23(27(32)22-10-3-5-12-25(22)30)26(31)21-9-2-4-11-24(21)29-13-15-33-16-14-29;2*1-15-7-6-8-16(25-15)13-26-14-19(22(27)17-9-2-4-11-20(17)24)23(28)18-10-3-5-12-21(18)26/h2-12,18H,13-17H2,1H3;2*2-12,14H,13H2,1H3. The number of ether oxygens (including phenoxy) is 1. The molecular formula is C73H59BrIN7O7. The third kappa shape index (κ3) is 13.7. The molecule has 6 aromatic carbocycles. The summed E-state index contributed by atoms with van der Waals surface area (Å²) < 4.78 is 12.8. The highest BCUT2D eigenvalue weighted by atomic mass is 127. The number of aromatic nitrogens is 6. The molecule has 442 valence electrons. The van der Waals surface area contributed by atoms with Crippen molar-refractivity contribution >= 4 is 94.3 Å². The van der Waals surface area contributed by atoms with Gasteiger partial charge in [-0.2, -0.15) is 0 Å². The van der Waals surface area contributed by atoms with Crippen LogP contribution in [-0.4, -0.2) is 72.3 Å². The van der Waals surface area contributed by atoms with Gasteiger partial charge in [0.1, 0.15) is 0 Å². The van der Waals surface area contributed by atoms with Crippen LogP contribution in [0.2, 0.25) is 0 Å². The average Bonchev–Trinajstić information content (AvgIpc) is 1.23. The summed E-state index contributed by atoms with van der Waals surface area (Å²) in [4.78, 5) is 95.4. The van der Waals surface area contributed by atoms with Gasteiger partial charge in [0.2, 0.25) is 22.1 Å². The molecule has 1 saturated heterocycles. The highest BCUT2D eigenvalue weighted by Crippen LogP contribution is 2.26. The second-order valence-corrected chi connectivity index (χ2v) is 23.4. The summed E-state index contributed by atoms with van der Waals surface area (Å²) in [6.45, 7) is 9.92. The first-order valence-electron chi connectivity index (χ1n) is 28.9. The minimum Gasteiger partial charge on any atom is -0.378 e. The molecule has 0 radical (unpaired) electrons. The van der Waals surface area contributed by atoms with Crippen LogP contribution in [0.15, 0.2) is 238 Å². The minimum atomic E-state index is -0.297. The van der Waals surface area contributed by atoms with E-state index in [2.05, 4.69) is 58.4 Å². The van der Waals surface area contributed by atoms with Gasteiger partial charge in [-0.15, -0.1) is 0 Å². The van der Waals surface area contributed by atoms with Gasteiger partial charge >= 0.3 is 0 Å². The number of pyridine rings is 6. The highest BCUT2D eigenvalue weighted by Gasteiger charge is 2.25. The van der Waals surface area contributed by atoms with E-state index in [1.54, 1.807) is 67.1 Å². The number of hydrogen-bond acceptors (Lipinski definition) is 11. The maximum Gasteiger partial charge on any atom is 0.200 e. The van der Waals surface area contributed by atoms with E-state index in [0.717, 1.165) is 60.0 Å². The van der Waals surface area contributed by atoms with E-state index in [0.29, 0.717) is 83.3 Å². The van der Waals surface area contributed by atoms with Crippen LogP contribution in [0.3, 0.4) is 0 Å². The maximum atomic E-state index is 13.7. The average molecular weight is 1350 g/mol. The fraction of sp³-hybridized carbons (Fsp3) is 0.137. The number of rotatable bonds is 13. The van der Waals surface area contributed by atoms with Crippen molar-refractivity contribution in [2.24, 2.45) is 0 Å². The van der Waals surface area contributed by atoms with Gasteiger partial charge < -0.3 is 23.3 Å². The zero-order chi connectivity index (χ0) is 62.1. The number of halogens is 2. The van der Waals surface area contributed by atoms with Crippen LogP contribution in [0, 0.1) is 24.3 Å². The molecule has 6 aromatic heterocycles. The van der Waals surface area contributed by atoms with E-state index in [-0.39, 0.29) is 50.3 Å². The molecule has 89 heavy (non-hydrogen) atoms. The van der Waals surface area contributed by atoms with Crippen LogP contribution in [0.25, 0.3) is 32.7 Å². The third-order valence-electron chi connectivity index (χ3n) is 15.3. The van der Waals surface area contributed by atoms with E-state index in [1.807, 2.05) is 186 Å². The molecule has 7 heterocycles. The Morgan fingerprint density at radius 1 is 0.416 bits per heavy atom. The molecule has 16 heteroatoms. The lowest BCUT2D eigenvalue weighted by Crippen LogP contribution is -2.37. The van der Waals surface area contributed by atoms with Gasteiger partial charge in [0.15, 0.2) is 11.6 Å². The van der Waals surface area contributed by atoms with E-state index in [4.69, 9.17) is 4.74 Å². The Labute approximate surface area is 535 Å². The Balaban J connectivity index is 0.000000138. The normalized spacial score (nSPS) is 12.0. The van der Waals surface area contributed by atoms with Gasteiger partial charge in [0.25, 0.3) is 0 Å². The fourth-order valence-electron chi connectivity index (χ4n) is 11.0. The first-order chi connectivity index (χ1) is 43.2. The SMILES string of the molecule is Cc1cccc(Cn2cc(C(=O)c3ccccc3Br)c(=O)c3ccccc32)n1.Cc1cccc(Cn2cc(C(=O)c3ccccc3I)c(=O)c3ccccc32)n1.Cc1cccc(Cn2cc(C(=O)c3ccccc3N3CCOCC3)c(=O)c3ccccc32)n1. The van der Waals surface area contributed by atoms with Crippen molar-refractivity contribution < 1.29 is 19.1 Å². The monoisotopic (exact) mass is 1350 g/mol. The van der Waals surface area contributed by atoms with Crippen LogP contribution in [0.5, 0.6) is 0 Å². The molecule has 0 atom stereocenters. The molecule has 14 nitrogen and oxygen atoms in total. The lowest BCUT2D eigenvalue weighted by atomic mass is 10.00. The van der Waals surface area contributed by atoms with Crippen molar-refractivity contribution in [3.05, 3.63) is 325 Å². The zero-order valence-corrected chi connectivity index (χ0v) is 52.7. The summed E-state index contributed by atoms with van der Waals surface area (Å²) in [6, 6.07) is 61.6.